The Balaban J connectivity index is 2.81. The van der Waals surface area contributed by atoms with Crippen molar-refractivity contribution >= 4 is 11.3 Å². The quantitative estimate of drug-likeness (QED) is 0.585. The van der Waals surface area contributed by atoms with Gasteiger partial charge >= 0.3 is 4.87 Å². The van der Waals surface area contributed by atoms with E-state index in [-0.39, 0.29) is 11.6 Å². The number of rotatable bonds is 2. The molecule has 0 unspecified atom stereocenters. The van der Waals surface area contributed by atoms with Gasteiger partial charge in [-0.25, -0.2) is 0 Å². The number of hydrogen-bond donors (Lipinski definition) is 0. The van der Waals surface area contributed by atoms with E-state index in [1.54, 1.807) is 0 Å². The van der Waals surface area contributed by atoms with Crippen LogP contribution in [0.3, 0.4) is 0 Å². The molecule has 1 rings (SSSR count). The maximum absolute atomic E-state index is 10.6. The monoisotopic (exact) mass is 146 g/mol. The van der Waals surface area contributed by atoms with E-state index in [9.17, 15) is 4.79 Å². The second kappa shape index (κ2) is 2.75. The van der Waals surface area contributed by atoms with Gasteiger partial charge in [-0.3, -0.25) is 4.79 Å². The first-order chi connectivity index (χ1) is 4.34. The summed E-state index contributed by atoms with van der Waals surface area (Å²) in [7, 11) is 1.52. The molecule has 0 spiro atoms. The van der Waals surface area contributed by atoms with Crippen LogP contribution in [0.25, 0.3) is 0 Å². The average molecular weight is 146 g/mol. The van der Waals surface area contributed by atoms with Gasteiger partial charge in [-0.15, -0.1) is 0 Å². The second-order valence-corrected chi connectivity index (χ2v) is 2.22. The lowest BCUT2D eigenvalue weighted by atomic mass is 11.1. The lowest BCUT2D eigenvalue weighted by Gasteiger charge is -1.92. The molecule has 0 amide bonds. The van der Waals surface area contributed by atoms with Crippen LogP contribution in [0.4, 0.5) is 0 Å². The fourth-order valence-electron chi connectivity index (χ4n) is 0.442. The molecule has 0 aliphatic rings. The smallest absolute Gasteiger partial charge is 0.327 e. The van der Waals surface area contributed by atoms with Crippen LogP contribution in [0.2, 0.25) is 0 Å². The Morgan fingerprint density at radius 1 is 2.00 bits per heavy atom. The van der Waals surface area contributed by atoms with Crippen molar-refractivity contribution in [3.63, 3.8) is 0 Å². The minimum Gasteiger partial charge on any atom is -0.362 e. The molecule has 0 aliphatic carbocycles. The molecule has 0 radical (unpaired) electrons. The lowest BCUT2D eigenvalue weighted by Crippen LogP contribution is -2.15. The van der Waals surface area contributed by atoms with E-state index in [2.05, 4.69) is 9.84 Å². The normalized spacial score (nSPS) is 9.89. The van der Waals surface area contributed by atoms with E-state index in [1.165, 1.54) is 17.3 Å². The summed E-state index contributed by atoms with van der Waals surface area (Å²) in [6, 6.07) is 0. The van der Waals surface area contributed by atoms with Gasteiger partial charge in [0, 0.05) is 7.11 Å². The molecule has 0 aliphatic heterocycles. The van der Waals surface area contributed by atoms with Gasteiger partial charge in [0.15, 0.2) is 0 Å². The molecule has 1 heterocycles. The molecule has 1 aromatic heterocycles. The molecule has 0 saturated carbocycles. The van der Waals surface area contributed by atoms with Crippen LogP contribution in [-0.4, -0.2) is 16.9 Å². The molecule has 4 nitrogen and oxygen atoms in total. The van der Waals surface area contributed by atoms with Crippen molar-refractivity contribution in [1.82, 2.24) is 9.78 Å². The largest absolute Gasteiger partial charge is 0.362 e. The SMILES string of the molecule is COCn1ncsc1=O. The summed E-state index contributed by atoms with van der Waals surface area (Å²) in [4.78, 5) is 10.6. The zero-order valence-electron chi connectivity index (χ0n) is 4.90. The highest BCUT2D eigenvalue weighted by Crippen LogP contribution is 1.81. The minimum absolute atomic E-state index is 0.0862. The molecule has 5 heteroatoms. The highest BCUT2D eigenvalue weighted by Gasteiger charge is 1.93. The Morgan fingerprint density at radius 2 is 2.78 bits per heavy atom. The van der Waals surface area contributed by atoms with Gasteiger partial charge in [0.1, 0.15) is 12.2 Å². The molecule has 0 aromatic carbocycles. The number of ether oxygens (including phenoxy) is 1. The van der Waals surface area contributed by atoms with Crippen molar-refractivity contribution < 1.29 is 4.74 Å². The Labute approximate surface area is 55.7 Å². The zero-order valence-corrected chi connectivity index (χ0v) is 5.72. The van der Waals surface area contributed by atoms with Crippen LogP contribution in [0.15, 0.2) is 10.3 Å². The van der Waals surface area contributed by atoms with Crippen molar-refractivity contribution in [1.29, 1.82) is 0 Å². The Morgan fingerprint density at radius 3 is 3.22 bits per heavy atom. The predicted octanol–water partition coefficient (Wildman–Crippen LogP) is -0.0913. The van der Waals surface area contributed by atoms with Crippen LogP contribution in [-0.2, 0) is 11.5 Å². The molecule has 0 atom stereocenters. The van der Waals surface area contributed by atoms with Gasteiger partial charge in [0.25, 0.3) is 0 Å². The van der Waals surface area contributed by atoms with Crippen molar-refractivity contribution in [3.05, 3.63) is 15.2 Å². The molecule has 0 fully saturated rings. The number of hydrogen-bond acceptors (Lipinski definition) is 4. The summed E-state index contributed by atoms with van der Waals surface area (Å²) in [6.45, 7) is 0.238. The summed E-state index contributed by atoms with van der Waals surface area (Å²) in [6.07, 6.45) is 0. The van der Waals surface area contributed by atoms with Crippen LogP contribution in [0.1, 0.15) is 0 Å². The summed E-state index contributed by atoms with van der Waals surface area (Å²) in [5, 5.41) is 3.70. The molecular weight excluding hydrogens is 140 g/mol. The van der Waals surface area contributed by atoms with Gasteiger partial charge in [-0.05, 0) is 0 Å². The van der Waals surface area contributed by atoms with Gasteiger partial charge < -0.3 is 4.74 Å². The molecule has 0 saturated heterocycles. The summed E-state index contributed by atoms with van der Waals surface area (Å²) in [5.74, 6) is 0. The van der Waals surface area contributed by atoms with E-state index in [1.807, 2.05) is 0 Å². The topological polar surface area (TPSA) is 44.1 Å². The lowest BCUT2D eigenvalue weighted by molar-refractivity contribution is 0.118. The fraction of sp³-hybridized carbons (Fsp3) is 0.500. The van der Waals surface area contributed by atoms with Crippen LogP contribution < -0.4 is 4.87 Å². The van der Waals surface area contributed by atoms with E-state index >= 15 is 0 Å². The fourth-order valence-corrected chi connectivity index (χ4v) is 0.915. The second-order valence-electron chi connectivity index (χ2n) is 1.42. The van der Waals surface area contributed by atoms with Crippen molar-refractivity contribution in [2.24, 2.45) is 0 Å². The summed E-state index contributed by atoms with van der Waals surface area (Å²) in [5.41, 5.74) is 1.49. The van der Waals surface area contributed by atoms with E-state index in [0.717, 1.165) is 11.3 Å². The van der Waals surface area contributed by atoms with Gasteiger partial charge in [-0.2, -0.15) is 9.78 Å². The average Bonchev–Trinajstić information content (AvgIpc) is 2.18. The molecule has 0 bridgehead atoms. The molecule has 9 heavy (non-hydrogen) atoms. The minimum atomic E-state index is -0.0862. The molecule has 0 N–H and O–H groups in total. The summed E-state index contributed by atoms with van der Waals surface area (Å²) >= 11 is 1.06. The molecule has 50 valence electrons. The Kier molecular flexibility index (Phi) is 1.96. The Bertz CT molecular complexity index is 228. The first-order valence-electron chi connectivity index (χ1n) is 2.34. The maximum Gasteiger partial charge on any atom is 0.327 e. The number of nitrogens with zero attached hydrogens (tertiary/aromatic N) is 2. The maximum atomic E-state index is 10.6. The van der Waals surface area contributed by atoms with Gasteiger partial charge in [0.2, 0.25) is 0 Å². The first-order valence-corrected chi connectivity index (χ1v) is 3.22. The molecular formula is C4H6N2O2S. The highest BCUT2D eigenvalue weighted by atomic mass is 32.1. The van der Waals surface area contributed by atoms with Crippen LogP contribution in [0.5, 0.6) is 0 Å². The van der Waals surface area contributed by atoms with E-state index in [4.69, 9.17) is 0 Å². The van der Waals surface area contributed by atoms with E-state index < -0.39 is 0 Å². The third kappa shape index (κ3) is 1.36. The first kappa shape index (κ1) is 6.44. The van der Waals surface area contributed by atoms with Gasteiger partial charge in [-0.1, -0.05) is 11.3 Å². The van der Waals surface area contributed by atoms with E-state index in [0.29, 0.717) is 0 Å². The van der Waals surface area contributed by atoms with Crippen molar-refractivity contribution in [3.8, 4) is 0 Å². The third-order valence-corrected chi connectivity index (χ3v) is 1.41. The van der Waals surface area contributed by atoms with Crippen molar-refractivity contribution in [2.75, 3.05) is 7.11 Å². The zero-order chi connectivity index (χ0) is 6.69. The molecule has 1 aromatic rings. The number of aromatic nitrogens is 2. The van der Waals surface area contributed by atoms with Crippen molar-refractivity contribution in [2.45, 2.75) is 6.73 Å². The Hall–Kier alpha value is -0.680. The van der Waals surface area contributed by atoms with Gasteiger partial charge in [0.05, 0.1) is 0 Å². The summed E-state index contributed by atoms with van der Waals surface area (Å²) < 4.78 is 5.93. The van der Waals surface area contributed by atoms with Crippen LogP contribution >= 0.6 is 11.3 Å². The third-order valence-electron chi connectivity index (χ3n) is 0.802. The highest BCUT2D eigenvalue weighted by molar-refractivity contribution is 7.06. The van der Waals surface area contributed by atoms with Crippen LogP contribution in [0, 0.1) is 0 Å². The standard InChI is InChI=1S/C4H6N2O2S/c1-8-3-6-4(7)9-2-5-6/h2H,3H2,1H3. The number of methoxy groups -OCH3 is 1. The predicted molar refractivity (Wildman–Crippen MR) is 33.4 cm³/mol.